The normalized spacial score (nSPS) is 14.8. The first-order valence-corrected chi connectivity index (χ1v) is 11.8. The highest BCUT2D eigenvalue weighted by molar-refractivity contribution is 14.1. The molecule has 4 amide bonds. The van der Waals surface area contributed by atoms with Gasteiger partial charge in [-0.25, -0.2) is 14.1 Å². The number of barbiturate groups is 1. The van der Waals surface area contributed by atoms with E-state index in [4.69, 9.17) is 9.47 Å². The zero-order chi connectivity index (χ0) is 24.9. The number of anilines is 1. The molecule has 3 aromatic carbocycles. The molecule has 7 nitrogen and oxygen atoms in total. The van der Waals surface area contributed by atoms with Gasteiger partial charge in [0.15, 0.2) is 11.5 Å². The van der Waals surface area contributed by atoms with Crippen molar-refractivity contribution in [1.82, 2.24) is 5.32 Å². The molecule has 1 fully saturated rings. The van der Waals surface area contributed by atoms with Crippen molar-refractivity contribution in [2.24, 2.45) is 0 Å². The van der Waals surface area contributed by atoms with Crippen LogP contribution in [0.25, 0.3) is 6.08 Å². The van der Waals surface area contributed by atoms with Crippen LogP contribution in [0, 0.1) is 9.39 Å². The van der Waals surface area contributed by atoms with Crippen LogP contribution >= 0.6 is 22.6 Å². The maximum absolute atomic E-state index is 13.5. The Hall–Kier alpha value is -3.73. The Morgan fingerprint density at radius 1 is 1.00 bits per heavy atom. The van der Waals surface area contributed by atoms with Gasteiger partial charge in [0.2, 0.25) is 0 Å². The summed E-state index contributed by atoms with van der Waals surface area (Å²) in [5, 5.41) is 2.21. The predicted molar refractivity (Wildman–Crippen MR) is 137 cm³/mol. The molecule has 9 heteroatoms. The van der Waals surface area contributed by atoms with Gasteiger partial charge in [-0.2, -0.15) is 0 Å². The van der Waals surface area contributed by atoms with Gasteiger partial charge in [-0.1, -0.05) is 30.3 Å². The van der Waals surface area contributed by atoms with E-state index in [1.165, 1.54) is 18.2 Å². The minimum atomic E-state index is -0.811. The molecule has 1 saturated heterocycles. The number of nitrogens with one attached hydrogen (secondary N) is 1. The fraction of sp³-hybridized carbons (Fsp3) is 0.115. The third kappa shape index (κ3) is 5.51. The maximum atomic E-state index is 13.5. The highest BCUT2D eigenvalue weighted by Crippen LogP contribution is 2.36. The SMILES string of the molecule is CCOc1cc(/C=C2\C(=O)NC(=O)N(c3ccccc3)C2=O)cc(I)c1OCc1cccc(F)c1. The van der Waals surface area contributed by atoms with Crippen LogP contribution in [0.5, 0.6) is 11.5 Å². The first-order chi connectivity index (χ1) is 16.9. The lowest BCUT2D eigenvalue weighted by Crippen LogP contribution is -2.54. The molecule has 0 aromatic heterocycles. The van der Waals surface area contributed by atoms with E-state index in [0.717, 1.165) is 4.90 Å². The highest BCUT2D eigenvalue weighted by Gasteiger charge is 2.36. The van der Waals surface area contributed by atoms with Crippen LogP contribution in [0.4, 0.5) is 14.9 Å². The molecule has 1 N–H and O–H groups in total. The van der Waals surface area contributed by atoms with Crippen molar-refractivity contribution in [2.45, 2.75) is 13.5 Å². The molecule has 0 radical (unpaired) electrons. The third-order valence-electron chi connectivity index (χ3n) is 5.03. The molecular formula is C26H20FIN2O5. The number of carbonyl (C=O) groups is 3. The molecule has 0 aliphatic carbocycles. The fourth-order valence-corrected chi connectivity index (χ4v) is 4.27. The van der Waals surface area contributed by atoms with Crippen LogP contribution in [0.1, 0.15) is 18.1 Å². The summed E-state index contributed by atoms with van der Waals surface area (Å²) in [6.45, 7) is 2.29. The number of hydrogen-bond donors (Lipinski definition) is 1. The van der Waals surface area contributed by atoms with Gasteiger partial charge in [0.25, 0.3) is 11.8 Å². The number of amides is 4. The molecule has 35 heavy (non-hydrogen) atoms. The topological polar surface area (TPSA) is 84.9 Å². The first-order valence-electron chi connectivity index (χ1n) is 10.7. The van der Waals surface area contributed by atoms with E-state index in [9.17, 15) is 18.8 Å². The Morgan fingerprint density at radius 2 is 1.77 bits per heavy atom. The summed E-state index contributed by atoms with van der Waals surface area (Å²) >= 11 is 2.06. The quantitative estimate of drug-likeness (QED) is 0.238. The van der Waals surface area contributed by atoms with Gasteiger partial charge in [-0.05, 0) is 83.1 Å². The number of rotatable bonds is 7. The second-order valence-corrected chi connectivity index (χ2v) is 8.64. The summed E-state index contributed by atoms with van der Waals surface area (Å²) < 4.78 is 25.8. The van der Waals surface area contributed by atoms with E-state index >= 15 is 0 Å². The molecule has 1 heterocycles. The number of benzene rings is 3. The summed E-state index contributed by atoms with van der Waals surface area (Å²) in [5.41, 5.74) is 1.32. The lowest BCUT2D eigenvalue weighted by atomic mass is 10.1. The van der Waals surface area contributed by atoms with E-state index in [0.29, 0.717) is 38.5 Å². The zero-order valence-electron chi connectivity index (χ0n) is 18.6. The van der Waals surface area contributed by atoms with Crippen molar-refractivity contribution >= 4 is 52.2 Å². The number of carbonyl (C=O) groups excluding carboxylic acids is 3. The second kappa shape index (κ2) is 10.7. The van der Waals surface area contributed by atoms with Crippen LogP contribution in [0.15, 0.2) is 72.3 Å². The van der Waals surface area contributed by atoms with Crippen LogP contribution in [-0.4, -0.2) is 24.5 Å². The van der Waals surface area contributed by atoms with E-state index in [1.807, 2.05) is 6.92 Å². The van der Waals surface area contributed by atoms with Gasteiger partial charge in [-0.15, -0.1) is 0 Å². The summed E-state index contributed by atoms with van der Waals surface area (Å²) in [5.74, 6) is -1.01. The van der Waals surface area contributed by atoms with Crippen LogP contribution in [0.3, 0.4) is 0 Å². The van der Waals surface area contributed by atoms with Gasteiger partial charge in [-0.3, -0.25) is 14.9 Å². The summed E-state index contributed by atoms with van der Waals surface area (Å²) in [4.78, 5) is 38.9. The number of para-hydroxylation sites is 1. The number of halogens is 2. The number of nitrogens with zero attached hydrogens (tertiary/aromatic N) is 1. The molecule has 0 spiro atoms. The van der Waals surface area contributed by atoms with E-state index in [1.54, 1.807) is 54.6 Å². The largest absolute Gasteiger partial charge is 0.490 e. The molecule has 1 aliphatic rings. The fourth-order valence-electron chi connectivity index (χ4n) is 3.49. The Labute approximate surface area is 214 Å². The Morgan fingerprint density at radius 3 is 2.49 bits per heavy atom. The van der Waals surface area contributed by atoms with Gasteiger partial charge < -0.3 is 9.47 Å². The lowest BCUT2D eigenvalue weighted by Gasteiger charge is -2.26. The van der Waals surface area contributed by atoms with Crippen molar-refractivity contribution < 1.29 is 28.2 Å². The molecule has 4 rings (SSSR count). The zero-order valence-corrected chi connectivity index (χ0v) is 20.7. The summed E-state index contributed by atoms with van der Waals surface area (Å²) in [6.07, 6.45) is 1.40. The smallest absolute Gasteiger partial charge is 0.335 e. The molecule has 178 valence electrons. The minimum Gasteiger partial charge on any atom is -0.490 e. The van der Waals surface area contributed by atoms with Gasteiger partial charge in [0, 0.05) is 0 Å². The van der Waals surface area contributed by atoms with Crippen molar-refractivity contribution in [3.8, 4) is 11.5 Å². The average molecular weight is 586 g/mol. The summed E-state index contributed by atoms with van der Waals surface area (Å²) in [6, 6.07) is 17.0. The predicted octanol–water partition coefficient (Wildman–Crippen LogP) is 5.07. The molecular weight excluding hydrogens is 566 g/mol. The van der Waals surface area contributed by atoms with Gasteiger partial charge >= 0.3 is 6.03 Å². The van der Waals surface area contributed by atoms with Crippen molar-refractivity contribution in [2.75, 3.05) is 11.5 Å². The van der Waals surface area contributed by atoms with E-state index in [2.05, 4.69) is 27.9 Å². The average Bonchev–Trinajstić information content (AvgIpc) is 2.82. The van der Waals surface area contributed by atoms with E-state index in [-0.39, 0.29) is 18.0 Å². The molecule has 1 aliphatic heterocycles. The Kier molecular flexibility index (Phi) is 7.45. The van der Waals surface area contributed by atoms with Crippen LogP contribution < -0.4 is 19.7 Å². The number of imide groups is 2. The third-order valence-corrected chi connectivity index (χ3v) is 5.83. The van der Waals surface area contributed by atoms with Gasteiger partial charge in [0.05, 0.1) is 15.9 Å². The second-order valence-electron chi connectivity index (χ2n) is 7.47. The number of ether oxygens (including phenoxy) is 2. The standard InChI is InChI=1S/C26H20FIN2O5/c1-2-34-22-14-17(13-21(28)23(22)35-15-16-7-6-8-18(27)11-16)12-20-24(31)29-26(33)30(25(20)32)19-9-4-3-5-10-19/h3-14H,2,15H2,1H3,(H,29,31,33)/b20-12+. The highest BCUT2D eigenvalue weighted by atomic mass is 127. The number of hydrogen-bond acceptors (Lipinski definition) is 5. The molecule has 0 unspecified atom stereocenters. The monoisotopic (exact) mass is 586 g/mol. The number of urea groups is 1. The Balaban J connectivity index is 1.66. The van der Waals surface area contributed by atoms with Crippen LogP contribution in [0.2, 0.25) is 0 Å². The van der Waals surface area contributed by atoms with E-state index < -0.39 is 17.8 Å². The lowest BCUT2D eigenvalue weighted by molar-refractivity contribution is -0.122. The molecule has 3 aromatic rings. The minimum absolute atomic E-state index is 0.128. The molecule has 0 saturated carbocycles. The summed E-state index contributed by atoms with van der Waals surface area (Å²) in [7, 11) is 0. The van der Waals surface area contributed by atoms with Crippen molar-refractivity contribution in [3.63, 3.8) is 0 Å². The molecule has 0 atom stereocenters. The van der Waals surface area contributed by atoms with Gasteiger partial charge in [0.1, 0.15) is 18.0 Å². The van der Waals surface area contributed by atoms with Crippen molar-refractivity contribution in [3.05, 3.63) is 92.8 Å². The van der Waals surface area contributed by atoms with Crippen LogP contribution in [-0.2, 0) is 16.2 Å². The van der Waals surface area contributed by atoms with Crippen molar-refractivity contribution in [1.29, 1.82) is 0 Å². The molecule has 0 bridgehead atoms. The first kappa shape index (κ1) is 24.4. The maximum Gasteiger partial charge on any atom is 0.335 e. The Bertz CT molecular complexity index is 1330.